The molecule has 3 nitrogen and oxygen atoms in total. The summed E-state index contributed by atoms with van der Waals surface area (Å²) >= 11 is 6.19. The number of hydrogen-bond donors (Lipinski definition) is 2. The van der Waals surface area contributed by atoms with Gasteiger partial charge in [-0.2, -0.15) is 0 Å². The SMILES string of the molecule is OCC(O)CSc1nc(Br)cs1. The van der Waals surface area contributed by atoms with Crippen LogP contribution in [0, 0.1) is 0 Å². The van der Waals surface area contributed by atoms with E-state index in [4.69, 9.17) is 10.2 Å². The molecule has 1 rings (SSSR count). The van der Waals surface area contributed by atoms with Gasteiger partial charge in [0.05, 0.1) is 12.7 Å². The fraction of sp³-hybridized carbons (Fsp3) is 0.500. The highest BCUT2D eigenvalue weighted by Gasteiger charge is 2.05. The van der Waals surface area contributed by atoms with Crippen LogP contribution in [0.5, 0.6) is 0 Å². The minimum Gasteiger partial charge on any atom is -0.394 e. The molecule has 0 amide bonds. The van der Waals surface area contributed by atoms with E-state index in [0.29, 0.717) is 5.75 Å². The van der Waals surface area contributed by atoms with Crippen molar-refractivity contribution < 1.29 is 10.2 Å². The van der Waals surface area contributed by atoms with Gasteiger partial charge in [-0.05, 0) is 15.9 Å². The molecule has 0 bridgehead atoms. The van der Waals surface area contributed by atoms with Crippen LogP contribution < -0.4 is 0 Å². The molecule has 0 aliphatic rings. The molecule has 1 atom stereocenters. The van der Waals surface area contributed by atoms with E-state index in [-0.39, 0.29) is 6.61 Å². The van der Waals surface area contributed by atoms with Crippen LogP contribution in [0.15, 0.2) is 14.3 Å². The van der Waals surface area contributed by atoms with E-state index in [9.17, 15) is 0 Å². The average molecular weight is 270 g/mol. The van der Waals surface area contributed by atoms with Gasteiger partial charge in [0.25, 0.3) is 0 Å². The van der Waals surface area contributed by atoms with Gasteiger partial charge in [-0.3, -0.25) is 0 Å². The number of nitrogens with zero attached hydrogens (tertiary/aromatic N) is 1. The van der Waals surface area contributed by atoms with Crippen LogP contribution in [0.25, 0.3) is 0 Å². The molecule has 0 aliphatic carbocycles. The molecule has 0 aromatic carbocycles. The largest absolute Gasteiger partial charge is 0.394 e. The monoisotopic (exact) mass is 269 g/mol. The van der Waals surface area contributed by atoms with Gasteiger partial charge < -0.3 is 10.2 Å². The third-order valence-corrected chi connectivity index (χ3v) is 3.94. The van der Waals surface area contributed by atoms with Gasteiger partial charge in [0.1, 0.15) is 4.60 Å². The average Bonchev–Trinajstić information content (AvgIpc) is 2.47. The first-order valence-electron chi connectivity index (χ1n) is 3.25. The summed E-state index contributed by atoms with van der Waals surface area (Å²) in [6.07, 6.45) is -0.655. The molecule has 0 radical (unpaired) electrons. The molecule has 1 aromatic heterocycles. The van der Waals surface area contributed by atoms with Gasteiger partial charge in [0, 0.05) is 11.1 Å². The lowest BCUT2D eigenvalue weighted by molar-refractivity contribution is 0.113. The highest BCUT2D eigenvalue weighted by molar-refractivity contribution is 9.10. The number of thioether (sulfide) groups is 1. The lowest BCUT2D eigenvalue weighted by atomic mass is 10.4. The Bertz CT molecular complexity index is 243. The molecule has 1 heterocycles. The normalized spacial score (nSPS) is 13.2. The Morgan fingerprint density at radius 1 is 1.75 bits per heavy atom. The van der Waals surface area contributed by atoms with E-state index in [1.807, 2.05) is 5.38 Å². The van der Waals surface area contributed by atoms with E-state index in [1.165, 1.54) is 23.1 Å². The lowest BCUT2D eigenvalue weighted by Gasteiger charge is -2.02. The Hall–Kier alpha value is 0.380. The fourth-order valence-corrected chi connectivity index (χ4v) is 2.84. The van der Waals surface area contributed by atoms with E-state index in [1.54, 1.807) is 0 Å². The van der Waals surface area contributed by atoms with Gasteiger partial charge >= 0.3 is 0 Å². The molecule has 6 heteroatoms. The lowest BCUT2D eigenvalue weighted by Crippen LogP contribution is -2.14. The molecule has 0 saturated heterocycles. The van der Waals surface area contributed by atoms with Crippen molar-refractivity contribution >= 4 is 39.0 Å². The predicted molar refractivity (Wildman–Crippen MR) is 53.6 cm³/mol. The number of thiazole rings is 1. The third-order valence-electron chi connectivity index (χ3n) is 1.07. The molecule has 0 fully saturated rings. The standard InChI is InChI=1S/C6H8BrNO2S2/c7-5-3-12-6(8-5)11-2-4(10)1-9/h3-4,9-10H,1-2H2. The summed E-state index contributed by atoms with van der Waals surface area (Å²) in [7, 11) is 0. The van der Waals surface area contributed by atoms with Gasteiger partial charge in [-0.1, -0.05) is 11.8 Å². The van der Waals surface area contributed by atoms with Crippen LogP contribution in [-0.2, 0) is 0 Å². The fourth-order valence-electron chi connectivity index (χ4n) is 0.525. The van der Waals surface area contributed by atoms with Crippen LogP contribution in [-0.4, -0.2) is 33.7 Å². The van der Waals surface area contributed by atoms with E-state index in [2.05, 4.69) is 20.9 Å². The van der Waals surface area contributed by atoms with E-state index >= 15 is 0 Å². The predicted octanol–water partition coefficient (Wildman–Crippen LogP) is 1.35. The second-order valence-electron chi connectivity index (χ2n) is 2.08. The zero-order chi connectivity index (χ0) is 8.97. The van der Waals surface area contributed by atoms with Crippen LogP contribution in [0.3, 0.4) is 0 Å². The van der Waals surface area contributed by atoms with E-state index < -0.39 is 6.10 Å². The Morgan fingerprint density at radius 2 is 2.50 bits per heavy atom. The van der Waals surface area contributed by atoms with Gasteiger partial charge in [0.2, 0.25) is 0 Å². The zero-order valence-electron chi connectivity index (χ0n) is 6.11. The summed E-state index contributed by atoms with van der Waals surface area (Å²) < 4.78 is 1.71. The molecule has 12 heavy (non-hydrogen) atoms. The number of aliphatic hydroxyl groups excluding tert-OH is 2. The number of rotatable bonds is 4. The minimum absolute atomic E-state index is 0.195. The van der Waals surface area contributed by atoms with Crippen molar-refractivity contribution in [1.82, 2.24) is 4.98 Å². The second kappa shape index (κ2) is 5.18. The summed E-state index contributed by atoms with van der Waals surface area (Å²) in [4.78, 5) is 4.12. The summed E-state index contributed by atoms with van der Waals surface area (Å²) in [6, 6.07) is 0. The Morgan fingerprint density at radius 3 is 3.00 bits per heavy atom. The van der Waals surface area contributed by atoms with Crippen LogP contribution in [0.1, 0.15) is 0 Å². The van der Waals surface area contributed by atoms with Crippen molar-refractivity contribution in [1.29, 1.82) is 0 Å². The molecule has 0 aliphatic heterocycles. The first-order chi connectivity index (χ1) is 5.72. The van der Waals surface area contributed by atoms with Crippen LogP contribution >= 0.6 is 39.0 Å². The van der Waals surface area contributed by atoms with Gasteiger partial charge in [-0.25, -0.2) is 4.98 Å². The molecular weight excluding hydrogens is 262 g/mol. The van der Waals surface area contributed by atoms with Crippen molar-refractivity contribution in [3.63, 3.8) is 0 Å². The smallest absolute Gasteiger partial charge is 0.151 e. The molecule has 1 aromatic rings. The van der Waals surface area contributed by atoms with Crippen molar-refractivity contribution in [2.75, 3.05) is 12.4 Å². The van der Waals surface area contributed by atoms with Crippen LogP contribution in [0.2, 0.25) is 0 Å². The summed E-state index contributed by atoms with van der Waals surface area (Å²) in [5, 5.41) is 19.4. The van der Waals surface area contributed by atoms with Crippen molar-refractivity contribution in [2.24, 2.45) is 0 Å². The first kappa shape index (κ1) is 10.5. The Labute approximate surface area is 87.0 Å². The molecule has 0 saturated carbocycles. The minimum atomic E-state index is -0.655. The second-order valence-corrected chi connectivity index (χ2v) is 5.02. The van der Waals surface area contributed by atoms with Crippen molar-refractivity contribution in [2.45, 2.75) is 10.4 Å². The maximum absolute atomic E-state index is 9.02. The number of aliphatic hydroxyl groups is 2. The topological polar surface area (TPSA) is 53.4 Å². The zero-order valence-corrected chi connectivity index (χ0v) is 9.32. The van der Waals surface area contributed by atoms with Gasteiger partial charge in [-0.15, -0.1) is 11.3 Å². The van der Waals surface area contributed by atoms with Gasteiger partial charge in [0.15, 0.2) is 4.34 Å². The van der Waals surface area contributed by atoms with Crippen molar-refractivity contribution in [3.8, 4) is 0 Å². The molecule has 0 spiro atoms. The molecule has 68 valence electrons. The van der Waals surface area contributed by atoms with Crippen LogP contribution in [0.4, 0.5) is 0 Å². The summed E-state index contributed by atoms with van der Waals surface area (Å²) in [6.45, 7) is -0.195. The Balaban J connectivity index is 2.33. The molecular formula is C6H8BrNO2S2. The van der Waals surface area contributed by atoms with Crippen molar-refractivity contribution in [3.05, 3.63) is 9.98 Å². The summed E-state index contributed by atoms with van der Waals surface area (Å²) in [5.41, 5.74) is 0. The molecule has 2 N–H and O–H groups in total. The quantitative estimate of drug-likeness (QED) is 0.811. The summed E-state index contributed by atoms with van der Waals surface area (Å²) in [5.74, 6) is 0.483. The highest BCUT2D eigenvalue weighted by Crippen LogP contribution is 2.25. The molecule has 1 unspecified atom stereocenters. The maximum atomic E-state index is 9.02. The first-order valence-corrected chi connectivity index (χ1v) is 5.91. The number of halogens is 1. The Kier molecular flexibility index (Phi) is 4.52. The highest BCUT2D eigenvalue weighted by atomic mass is 79.9. The maximum Gasteiger partial charge on any atom is 0.151 e. The number of hydrogen-bond acceptors (Lipinski definition) is 5. The third kappa shape index (κ3) is 3.40. The number of aromatic nitrogens is 1. The van der Waals surface area contributed by atoms with E-state index in [0.717, 1.165) is 8.94 Å².